The molecule has 192 valence electrons. The molecule has 2 aromatic carbocycles. The molecule has 1 aliphatic rings. The fourth-order valence-electron chi connectivity index (χ4n) is 3.80. The van der Waals surface area contributed by atoms with Gasteiger partial charge in [-0.15, -0.1) is 11.3 Å². The highest BCUT2D eigenvalue weighted by Gasteiger charge is 2.24. The van der Waals surface area contributed by atoms with Crippen LogP contribution in [0, 0.1) is 23.4 Å². The molecule has 8 nitrogen and oxygen atoms in total. The van der Waals surface area contributed by atoms with E-state index in [-0.39, 0.29) is 38.6 Å². The maximum Gasteiger partial charge on any atom is 0.334 e. The Balaban J connectivity index is 1.55. The van der Waals surface area contributed by atoms with E-state index in [1.54, 1.807) is 0 Å². The number of methoxy groups -OCH3 is 1. The molecule has 0 atom stereocenters. The van der Waals surface area contributed by atoms with Crippen molar-refractivity contribution in [2.24, 2.45) is 5.92 Å². The first-order valence-corrected chi connectivity index (χ1v) is 12.0. The van der Waals surface area contributed by atoms with E-state index in [2.05, 4.69) is 4.98 Å². The second kappa shape index (κ2) is 9.77. The van der Waals surface area contributed by atoms with Crippen molar-refractivity contribution in [2.45, 2.75) is 19.4 Å². The summed E-state index contributed by atoms with van der Waals surface area (Å²) in [6.45, 7) is -0.170. The third kappa shape index (κ3) is 4.59. The third-order valence-electron chi connectivity index (χ3n) is 5.96. The first-order valence-electron chi connectivity index (χ1n) is 11.1. The fraction of sp³-hybridized carbons (Fsp3) is 0.240. The number of nitrogens with one attached hydrogen (secondary N) is 1. The molecule has 1 N–H and O–H groups in total. The Morgan fingerprint density at radius 3 is 2.57 bits per heavy atom. The summed E-state index contributed by atoms with van der Waals surface area (Å²) < 4.78 is 60.7. The molecule has 0 aliphatic heterocycles. The van der Waals surface area contributed by atoms with E-state index in [4.69, 9.17) is 14.2 Å². The molecule has 12 heteroatoms. The summed E-state index contributed by atoms with van der Waals surface area (Å²) in [5.41, 5.74) is -2.50. The SMILES string of the molecule is COc1cc(F)c(-n2c(=O)[nH]c3scc(C=O)c3c2=O)cc1OCc1c(OCC2CC2)ccc(F)c1F. The van der Waals surface area contributed by atoms with Crippen molar-refractivity contribution in [2.75, 3.05) is 13.7 Å². The molecule has 1 saturated carbocycles. The van der Waals surface area contributed by atoms with Gasteiger partial charge in [0.2, 0.25) is 0 Å². The Hall–Kier alpha value is -4.06. The van der Waals surface area contributed by atoms with Crippen LogP contribution in [0.4, 0.5) is 13.2 Å². The molecule has 0 amide bonds. The molecule has 0 bridgehead atoms. The molecule has 0 radical (unpaired) electrons. The Morgan fingerprint density at radius 1 is 1.08 bits per heavy atom. The molecule has 0 spiro atoms. The number of carbonyl (C=O) groups is 1. The minimum atomic E-state index is -1.16. The predicted molar refractivity (Wildman–Crippen MR) is 129 cm³/mol. The summed E-state index contributed by atoms with van der Waals surface area (Å²) in [7, 11) is 1.24. The van der Waals surface area contributed by atoms with Crippen LogP contribution in [0.1, 0.15) is 28.8 Å². The lowest BCUT2D eigenvalue weighted by Gasteiger charge is -2.16. The zero-order valence-corrected chi connectivity index (χ0v) is 20.1. The minimum absolute atomic E-state index is 0.0423. The molecular formula is C25H19F3N2O6S. The van der Waals surface area contributed by atoms with E-state index in [9.17, 15) is 23.2 Å². The van der Waals surface area contributed by atoms with Crippen LogP contribution < -0.4 is 25.5 Å². The van der Waals surface area contributed by atoms with Gasteiger partial charge in [0.25, 0.3) is 5.56 Å². The van der Waals surface area contributed by atoms with Crippen molar-refractivity contribution in [3.63, 3.8) is 0 Å². The van der Waals surface area contributed by atoms with Gasteiger partial charge in [0.15, 0.2) is 35.2 Å². The molecule has 2 aromatic heterocycles. The molecule has 0 saturated heterocycles. The van der Waals surface area contributed by atoms with Crippen molar-refractivity contribution in [1.82, 2.24) is 9.55 Å². The van der Waals surface area contributed by atoms with Gasteiger partial charge in [0, 0.05) is 23.1 Å². The lowest BCUT2D eigenvalue weighted by molar-refractivity contribution is 0.112. The summed E-state index contributed by atoms with van der Waals surface area (Å²) in [4.78, 5) is 39.7. The molecule has 1 aliphatic carbocycles. The van der Waals surface area contributed by atoms with Gasteiger partial charge in [0.1, 0.15) is 17.2 Å². The number of aldehydes is 1. The number of halogens is 3. The highest BCUT2D eigenvalue weighted by molar-refractivity contribution is 7.17. The van der Waals surface area contributed by atoms with Crippen LogP contribution in [0.3, 0.4) is 0 Å². The number of rotatable bonds is 9. The molecule has 0 unspecified atom stereocenters. The molecule has 1 fully saturated rings. The van der Waals surface area contributed by atoms with Crippen LogP contribution in [0.2, 0.25) is 0 Å². The number of nitrogens with zero attached hydrogens (tertiary/aromatic N) is 1. The van der Waals surface area contributed by atoms with E-state index in [1.807, 2.05) is 0 Å². The van der Waals surface area contributed by atoms with Gasteiger partial charge in [-0.2, -0.15) is 0 Å². The number of hydrogen-bond donors (Lipinski definition) is 1. The van der Waals surface area contributed by atoms with E-state index in [1.165, 1.54) is 18.6 Å². The van der Waals surface area contributed by atoms with Crippen molar-refractivity contribution >= 4 is 27.8 Å². The topological polar surface area (TPSA) is 99.6 Å². The Kier molecular flexibility index (Phi) is 6.50. The summed E-state index contributed by atoms with van der Waals surface area (Å²) in [6, 6.07) is 4.17. The molecule has 5 rings (SSSR count). The maximum absolute atomic E-state index is 15.1. The third-order valence-corrected chi connectivity index (χ3v) is 6.87. The van der Waals surface area contributed by atoms with E-state index >= 15 is 4.39 Å². The number of aromatic nitrogens is 2. The van der Waals surface area contributed by atoms with Crippen molar-refractivity contribution in [1.29, 1.82) is 0 Å². The molecule has 2 heterocycles. The number of fused-ring (bicyclic) bond motifs is 1. The standard InChI is InChI=1S/C25H19F3N2O6S/c1-34-19-6-16(27)17(30-24(32)21-13(8-31)11-37-23(21)29-25(30)33)7-20(19)36-10-14-18(35-9-12-2-3-12)5-4-15(26)22(14)28/h4-8,11-12H,2-3,9-10H2,1H3,(H,29,33). The van der Waals surface area contributed by atoms with E-state index < -0.39 is 41.0 Å². The predicted octanol–water partition coefficient (Wildman–Crippen LogP) is 4.35. The average molecular weight is 532 g/mol. The summed E-state index contributed by atoms with van der Waals surface area (Å²) >= 11 is 0.987. The quantitative estimate of drug-likeness (QED) is 0.322. The number of hydrogen-bond acceptors (Lipinski definition) is 7. The Labute approximate surface area is 210 Å². The normalized spacial score (nSPS) is 13.1. The van der Waals surface area contributed by atoms with Gasteiger partial charge in [-0.05, 0) is 30.9 Å². The van der Waals surface area contributed by atoms with Crippen molar-refractivity contribution in [3.8, 4) is 22.9 Å². The van der Waals surface area contributed by atoms with Crippen LogP contribution in [-0.2, 0) is 6.61 Å². The van der Waals surface area contributed by atoms with Gasteiger partial charge < -0.3 is 14.2 Å². The number of thiophene rings is 1. The maximum atomic E-state index is 15.1. The second-order valence-electron chi connectivity index (χ2n) is 8.42. The zero-order chi connectivity index (χ0) is 26.3. The summed E-state index contributed by atoms with van der Waals surface area (Å²) in [5, 5.41) is 1.32. The fourth-order valence-corrected chi connectivity index (χ4v) is 4.69. The van der Waals surface area contributed by atoms with Crippen LogP contribution in [0.25, 0.3) is 15.9 Å². The van der Waals surface area contributed by atoms with Gasteiger partial charge >= 0.3 is 5.69 Å². The number of ether oxygens (including phenoxy) is 3. The van der Waals surface area contributed by atoms with Crippen molar-refractivity contribution in [3.05, 3.63) is 79.1 Å². The monoisotopic (exact) mass is 532 g/mol. The Bertz CT molecular complexity index is 1640. The first-order chi connectivity index (χ1) is 17.8. The van der Waals surface area contributed by atoms with E-state index in [0.717, 1.165) is 42.4 Å². The summed E-state index contributed by atoms with van der Waals surface area (Å²) in [6.07, 6.45) is 2.45. The lowest BCUT2D eigenvalue weighted by Crippen LogP contribution is -2.34. The van der Waals surface area contributed by atoms with Crippen molar-refractivity contribution < 1.29 is 32.2 Å². The number of carbonyl (C=O) groups excluding carboxylic acids is 1. The highest BCUT2D eigenvalue weighted by Crippen LogP contribution is 2.35. The first kappa shape index (κ1) is 24.6. The zero-order valence-electron chi connectivity index (χ0n) is 19.3. The number of H-pyrrole nitrogens is 1. The van der Waals surface area contributed by atoms with Crippen LogP contribution in [0.15, 0.2) is 39.2 Å². The van der Waals surface area contributed by atoms with Gasteiger partial charge in [-0.3, -0.25) is 14.6 Å². The smallest absolute Gasteiger partial charge is 0.334 e. The second-order valence-corrected chi connectivity index (χ2v) is 9.30. The molecular weight excluding hydrogens is 513 g/mol. The van der Waals surface area contributed by atoms with E-state index in [0.29, 0.717) is 23.4 Å². The van der Waals surface area contributed by atoms with Gasteiger partial charge in [-0.25, -0.2) is 22.5 Å². The van der Waals surface area contributed by atoms with Gasteiger partial charge in [-0.1, -0.05) is 0 Å². The van der Waals surface area contributed by atoms with Crippen LogP contribution in [0.5, 0.6) is 17.2 Å². The number of benzene rings is 2. The summed E-state index contributed by atoms with van der Waals surface area (Å²) in [5.74, 6) is -3.06. The minimum Gasteiger partial charge on any atom is -0.493 e. The average Bonchev–Trinajstić information content (AvgIpc) is 3.62. The van der Waals surface area contributed by atoms with Crippen LogP contribution in [-0.4, -0.2) is 29.6 Å². The Morgan fingerprint density at radius 2 is 1.86 bits per heavy atom. The van der Waals surface area contributed by atoms with Gasteiger partial charge in [0.05, 0.1) is 30.4 Å². The largest absolute Gasteiger partial charge is 0.493 e. The highest BCUT2D eigenvalue weighted by atomic mass is 32.1. The molecule has 4 aromatic rings. The lowest BCUT2D eigenvalue weighted by atomic mass is 10.2. The van der Waals surface area contributed by atoms with Crippen LogP contribution >= 0.6 is 11.3 Å². The number of aromatic amines is 1. The molecule has 37 heavy (non-hydrogen) atoms.